The van der Waals surface area contributed by atoms with Crippen molar-refractivity contribution in [3.05, 3.63) is 0 Å². The molecule has 3 aliphatic heterocycles. The highest BCUT2D eigenvalue weighted by molar-refractivity contribution is 5.77. The monoisotopic (exact) mass is 364 g/mol. The van der Waals surface area contributed by atoms with E-state index in [1.165, 1.54) is 0 Å². The van der Waals surface area contributed by atoms with Crippen LogP contribution in [0.2, 0.25) is 0 Å². The molecule has 0 aromatic carbocycles. The zero-order valence-corrected chi connectivity index (χ0v) is 16.5. The minimum absolute atomic E-state index is 0.0333. The number of likely N-dealkylation sites (tertiary alicyclic amines) is 2. The minimum Gasteiger partial charge on any atom is -0.343 e. The normalized spacial score (nSPS) is 29.4. The zero-order valence-electron chi connectivity index (χ0n) is 16.5. The van der Waals surface area contributed by atoms with Crippen LogP contribution < -0.4 is 10.6 Å². The Kier molecular flexibility index (Phi) is 6.79. The minimum atomic E-state index is 0.0333. The molecular weight excluding hydrogens is 328 g/mol. The molecule has 0 aromatic heterocycles. The highest BCUT2D eigenvalue weighted by atomic mass is 16.2. The number of hydrogen-bond donors (Lipinski definition) is 2. The highest BCUT2D eigenvalue weighted by Crippen LogP contribution is 2.28. The summed E-state index contributed by atoms with van der Waals surface area (Å²) in [7, 11) is 0. The van der Waals surface area contributed by atoms with Gasteiger partial charge in [-0.25, -0.2) is 4.79 Å². The van der Waals surface area contributed by atoms with E-state index in [2.05, 4.69) is 29.4 Å². The number of amides is 3. The van der Waals surface area contributed by atoms with Crippen molar-refractivity contribution in [3.8, 4) is 0 Å². The van der Waals surface area contributed by atoms with E-state index in [9.17, 15) is 9.59 Å². The number of nitrogens with zero attached hydrogens (tertiary/aromatic N) is 2. The fourth-order valence-electron chi connectivity index (χ4n) is 4.66. The maximum atomic E-state index is 12.8. The van der Waals surface area contributed by atoms with E-state index in [-0.39, 0.29) is 6.03 Å². The number of carbonyl (C=O) groups excluding carboxylic acids is 2. The molecule has 2 N–H and O–H groups in total. The van der Waals surface area contributed by atoms with Crippen LogP contribution in [0.25, 0.3) is 0 Å². The van der Waals surface area contributed by atoms with Gasteiger partial charge in [-0.2, -0.15) is 0 Å². The highest BCUT2D eigenvalue weighted by Gasteiger charge is 2.32. The van der Waals surface area contributed by atoms with Crippen molar-refractivity contribution in [2.75, 3.05) is 45.8 Å². The van der Waals surface area contributed by atoms with Gasteiger partial charge < -0.3 is 20.4 Å². The van der Waals surface area contributed by atoms with Crippen molar-refractivity contribution >= 4 is 11.9 Å². The lowest BCUT2D eigenvalue weighted by molar-refractivity contribution is -0.132. The van der Waals surface area contributed by atoms with Gasteiger partial charge in [-0.05, 0) is 62.4 Å². The molecule has 26 heavy (non-hydrogen) atoms. The summed E-state index contributed by atoms with van der Waals surface area (Å²) >= 11 is 0. The average Bonchev–Trinajstić information content (AvgIpc) is 2.98. The standard InChI is InChI=1S/C20H36N4O2/c1-15(2)11-22-20(26)24-7-3-4-16(14-24)10-19(25)23-8-5-17-12-21-13-18(17)6-9-23/h15-18,21H,3-14H2,1-2H3,(H,22,26)/t16?,17-,18+. The van der Waals surface area contributed by atoms with Crippen molar-refractivity contribution < 1.29 is 9.59 Å². The van der Waals surface area contributed by atoms with Crippen LogP contribution in [-0.2, 0) is 4.79 Å². The number of piperidine rings is 1. The van der Waals surface area contributed by atoms with Crippen LogP contribution in [0.3, 0.4) is 0 Å². The quantitative estimate of drug-likeness (QED) is 0.801. The Bertz CT molecular complexity index is 482. The van der Waals surface area contributed by atoms with Gasteiger partial charge in [0.2, 0.25) is 5.91 Å². The molecule has 0 aliphatic carbocycles. The summed E-state index contributed by atoms with van der Waals surface area (Å²) in [6, 6.07) is 0.0333. The predicted molar refractivity (Wildman–Crippen MR) is 103 cm³/mol. The molecule has 148 valence electrons. The van der Waals surface area contributed by atoms with E-state index < -0.39 is 0 Å². The van der Waals surface area contributed by atoms with Crippen LogP contribution in [0.15, 0.2) is 0 Å². The third-order valence-corrected chi connectivity index (χ3v) is 6.30. The molecule has 3 saturated heterocycles. The lowest BCUT2D eigenvalue weighted by Crippen LogP contribution is -2.47. The number of urea groups is 1. The number of nitrogens with one attached hydrogen (secondary N) is 2. The smallest absolute Gasteiger partial charge is 0.317 e. The summed E-state index contributed by atoms with van der Waals surface area (Å²) in [5.74, 6) is 2.57. The molecule has 3 aliphatic rings. The zero-order chi connectivity index (χ0) is 18.5. The number of fused-ring (bicyclic) bond motifs is 1. The first-order valence-corrected chi connectivity index (χ1v) is 10.5. The first kappa shape index (κ1) is 19.5. The van der Waals surface area contributed by atoms with Crippen molar-refractivity contribution in [3.63, 3.8) is 0 Å². The van der Waals surface area contributed by atoms with Crippen molar-refractivity contribution in [1.82, 2.24) is 20.4 Å². The van der Waals surface area contributed by atoms with Gasteiger partial charge >= 0.3 is 6.03 Å². The van der Waals surface area contributed by atoms with E-state index in [0.717, 1.165) is 76.8 Å². The summed E-state index contributed by atoms with van der Waals surface area (Å²) in [4.78, 5) is 29.1. The molecular formula is C20H36N4O2. The van der Waals surface area contributed by atoms with Crippen LogP contribution in [0.1, 0.15) is 46.0 Å². The third kappa shape index (κ3) is 5.12. The maximum absolute atomic E-state index is 12.8. The molecule has 0 aromatic rings. The molecule has 3 amide bonds. The van der Waals surface area contributed by atoms with E-state index in [1.54, 1.807) is 0 Å². The summed E-state index contributed by atoms with van der Waals surface area (Å²) in [5.41, 5.74) is 0. The molecule has 0 radical (unpaired) electrons. The number of rotatable bonds is 4. The van der Waals surface area contributed by atoms with Crippen LogP contribution in [-0.4, -0.2) is 67.6 Å². The average molecular weight is 365 g/mol. The number of carbonyl (C=O) groups is 2. The third-order valence-electron chi connectivity index (χ3n) is 6.30. The Morgan fingerprint density at radius 3 is 2.38 bits per heavy atom. The van der Waals surface area contributed by atoms with Gasteiger partial charge in [0.1, 0.15) is 0 Å². The Morgan fingerprint density at radius 1 is 1.04 bits per heavy atom. The number of hydrogen-bond acceptors (Lipinski definition) is 3. The lowest BCUT2D eigenvalue weighted by atomic mass is 9.92. The summed E-state index contributed by atoms with van der Waals surface area (Å²) in [6.45, 7) is 10.5. The summed E-state index contributed by atoms with van der Waals surface area (Å²) in [5, 5.41) is 6.49. The van der Waals surface area contributed by atoms with Crippen LogP contribution in [0.4, 0.5) is 4.79 Å². The Balaban J connectivity index is 1.45. The van der Waals surface area contributed by atoms with Crippen molar-refractivity contribution in [2.45, 2.75) is 46.0 Å². The fourth-order valence-corrected chi connectivity index (χ4v) is 4.66. The van der Waals surface area contributed by atoms with Crippen LogP contribution >= 0.6 is 0 Å². The largest absolute Gasteiger partial charge is 0.343 e. The lowest BCUT2D eigenvalue weighted by Gasteiger charge is -2.33. The van der Waals surface area contributed by atoms with Crippen LogP contribution in [0.5, 0.6) is 0 Å². The van der Waals surface area contributed by atoms with E-state index in [4.69, 9.17) is 0 Å². The topological polar surface area (TPSA) is 64.7 Å². The molecule has 0 saturated carbocycles. The molecule has 0 spiro atoms. The second-order valence-corrected chi connectivity index (χ2v) is 8.87. The van der Waals surface area contributed by atoms with E-state index in [1.807, 2.05) is 4.90 Å². The molecule has 3 fully saturated rings. The van der Waals surface area contributed by atoms with Gasteiger partial charge in [0.25, 0.3) is 0 Å². The summed E-state index contributed by atoms with van der Waals surface area (Å²) in [6.07, 6.45) is 4.93. The van der Waals surface area contributed by atoms with Gasteiger partial charge in [-0.15, -0.1) is 0 Å². The van der Waals surface area contributed by atoms with Gasteiger partial charge in [0.15, 0.2) is 0 Å². The van der Waals surface area contributed by atoms with Crippen LogP contribution in [0, 0.1) is 23.7 Å². The Morgan fingerprint density at radius 2 is 1.73 bits per heavy atom. The maximum Gasteiger partial charge on any atom is 0.317 e. The molecule has 6 heteroatoms. The fraction of sp³-hybridized carbons (Fsp3) is 0.900. The van der Waals surface area contributed by atoms with Gasteiger partial charge in [0.05, 0.1) is 0 Å². The van der Waals surface area contributed by atoms with Crippen molar-refractivity contribution in [1.29, 1.82) is 0 Å². The second kappa shape index (κ2) is 9.07. The Labute approximate surface area is 158 Å². The van der Waals surface area contributed by atoms with E-state index in [0.29, 0.717) is 30.7 Å². The SMILES string of the molecule is CC(C)CNC(=O)N1CCCC(CC(=O)N2CC[C@@H]3CNC[C@@H]3CC2)C1. The predicted octanol–water partition coefficient (Wildman–Crippen LogP) is 1.91. The van der Waals surface area contributed by atoms with Crippen molar-refractivity contribution in [2.24, 2.45) is 23.7 Å². The molecule has 1 unspecified atom stereocenters. The second-order valence-electron chi connectivity index (χ2n) is 8.87. The van der Waals surface area contributed by atoms with Gasteiger partial charge in [-0.3, -0.25) is 4.79 Å². The Hall–Kier alpha value is -1.30. The van der Waals surface area contributed by atoms with E-state index >= 15 is 0 Å². The summed E-state index contributed by atoms with van der Waals surface area (Å²) < 4.78 is 0. The molecule has 3 heterocycles. The molecule has 0 bridgehead atoms. The molecule has 3 atom stereocenters. The van der Waals surface area contributed by atoms with Gasteiger partial charge in [-0.1, -0.05) is 13.8 Å². The first-order valence-electron chi connectivity index (χ1n) is 10.5. The first-order chi connectivity index (χ1) is 12.5. The molecule has 3 rings (SSSR count). The van der Waals surface area contributed by atoms with Gasteiger partial charge in [0, 0.05) is 39.1 Å². The molecule has 6 nitrogen and oxygen atoms in total.